The lowest BCUT2D eigenvalue weighted by Crippen LogP contribution is -2.19. The van der Waals surface area contributed by atoms with Gasteiger partial charge < -0.3 is 4.74 Å². The lowest BCUT2D eigenvalue weighted by atomic mass is 10.1. The number of nitrogens with zero attached hydrogens (tertiary/aromatic N) is 3. The van der Waals surface area contributed by atoms with Crippen LogP contribution in [0.15, 0.2) is 53.6 Å². The maximum atomic E-state index is 12.9. The highest BCUT2D eigenvalue weighted by molar-refractivity contribution is 5.83. The van der Waals surface area contributed by atoms with Gasteiger partial charge >= 0.3 is 0 Å². The average molecular weight is 394 g/mol. The van der Waals surface area contributed by atoms with Gasteiger partial charge in [-0.1, -0.05) is 12.1 Å². The van der Waals surface area contributed by atoms with Crippen molar-refractivity contribution in [1.29, 1.82) is 0 Å². The summed E-state index contributed by atoms with van der Waals surface area (Å²) in [6.45, 7) is 4.54. The Morgan fingerprint density at radius 2 is 1.97 bits per heavy atom. The monoisotopic (exact) mass is 394 g/mol. The summed E-state index contributed by atoms with van der Waals surface area (Å²) in [6, 6.07) is 13.5. The molecule has 0 spiro atoms. The molecule has 1 N–H and O–H groups in total. The Kier molecular flexibility index (Phi) is 6.39. The first-order chi connectivity index (χ1) is 13.9. The van der Waals surface area contributed by atoms with Crippen LogP contribution in [-0.4, -0.2) is 29.0 Å². The summed E-state index contributed by atoms with van der Waals surface area (Å²) in [5, 5.41) is 8.51. The number of methoxy groups -OCH3 is 1. The standard InChI is InChI=1S/C22H23FN4O2/c1-15-10-16(2)27(26-15)14-19-11-18(6-9-21(19)29-3)13-24-25-22(28)12-17-4-7-20(23)8-5-17/h4-11,13H,12,14H2,1-3H3,(H,25,28). The molecule has 150 valence electrons. The highest BCUT2D eigenvalue weighted by atomic mass is 19.1. The van der Waals surface area contributed by atoms with Crippen LogP contribution < -0.4 is 10.2 Å². The van der Waals surface area contributed by atoms with Gasteiger partial charge in [-0.15, -0.1) is 0 Å². The van der Waals surface area contributed by atoms with Crippen molar-refractivity contribution >= 4 is 12.1 Å². The maximum Gasteiger partial charge on any atom is 0.244 e. The summed E-state index contributed by atoms with van der Waals surface area (Å²) in [7, 11) is 1.63. The minimum absolute atomic E-state index is 0.128. The van der Waals surface area contributed by atoms with Gasteiger partial charge in [0.2, 0.25) is 5.91 Å². The van der Waals surface area contributed by atoms with Gasteiger partial charge in [0.25, 0.3) is 0 Å². The summed E-state index contributed by atoms with van der Waals surface area (Å²) in [5.41, 5.74) is 7.02. The van der Waals surface area contributed by atoms with Crippen molar-refractivity contribution in [2.45, 2.75) is 26.8 Å². The highest BCUT2D eigenvalue weighted by Gasteiger charge is 2.08. The van der Waals surface area contributed by atoms with Gasteiger partial charge in [0.15, 0.2) is 0 Å². The predicted molar refractivity (Wildman–Crippen MR) is 110 cm³/mol. The van der Waals surface area contributed by atoms with E-state index in [1.54, 1.807) is 25.5 Å². The van der Waals surface area contributed by atoms with Crippen LogP contribution in [0.3, 0.4) is 0 Å². The molecule has 0 radical (unpaired) electrons. The van der Waals surface area contributed by atoms with Crippen molar-refractivity contribution in [3.8, 4) is 5.75 Å². The summed E-state index contributed by atoms with van der Waals surface area (Å²) in [6.07, 6.45) is 1.70. The molecule has 7 heteroatoms. The van der Waals surface area contributed by atoms with Crippen LogP contribution in [0, 0.1) is 19.7 Å². The number of carbonyl (C=O) groups excluding carboxylic acids is 1. The zero-order valence-electron chi connectivity index (χ0n) is 16.6. The number of benzene rings is 2. The second kappa shape index (κ2) is 9.14. The second-order valence-corrected chi connectivity index (χ2v) is 6.75. The van der Waals surface area contributed by atoms with Crippen LogP contribution in [-0.2, 0) is 17.8 Å². The Hall–Kier alpha value is -3.48. The highest BCUT2D eigenvalue weighted by Crippen LogP contribution is 2.21. The molecule has 0 saturated carbocycles. The van der Waals surface area contributed by atoms with Crippen molar-refractivity contribution in [3.63, 3.8) is 0 Å². The largest absolute Gasteiger partial charge is 0.496 e. The fourth-order valence-electron chi connectivity index (χ4n) is 3.00. The zero-order valence-corrected chi connectivity index (χ0v) is 16.6. The maximum absolute atomic E-state index is 12.9. The van der Waals surface area contributed by atoms with Gasteiger partial charge in [0.1, 0.15) is 11.6 Å². The Labute approximate surface area is 169 Å². The van der Waals surface area contributed by atoms with E-state index in [2.05, 4.69) is 15.6 Å². The lowest BCUT2D eigenvalue weighted by molar-refractivity contribution is -0.120. The number of carbonyl (C=O) groups is 1. The van der Waals surface area contributed by atoms with Gasteiger partial charge in [0.05, 0.1) is 32.0 Å². The molecule has 0 fully saturated rings. The molecule has 1 heterocycles. The Morgan fingerprint density at radius 3 is 2.62 bits per heavy atom. The van der Waals surface area contributed by atoms with Gasteiger partial charge in [-0.3, -0.25) is 9.48 Å². The minimum Gasteiger partial charge on any atom is -0.496 e. The molecule has 29 heavy (non-hydrogen) atoms. The predicted octanol–water partition coefficient (Wildman–Crippen LogP) is 3.39. The van der Waals surface area contributed by atoms with E-state index in [0.29, 0.717) is 6.54 Å². The SMILES string of the molecule is COc1ccc(C=NNC(=O)Cc2ccc(F)cc2)cc1Cn1nc(C)cc1C. The molecule has 1 amide bonds. The fourth-order valence-corrected chi connectivity index (χ4v) is 3.00. The summed E-state index contributed by atoms with van der Waals surface area (Å²) >= 11 is 0. The van der Waals surface area contributed by atoms with Crippen molar-refractivity contribution in [2.24, 2.45) is 5.10 Å². The molecule has 0 bridgehead atoms. The Morgan fingerprint density at radius 1 is 1.21 bits per heavy atom. The van der Waals surface area contributed by atoms with E-state index in [-0.39, 0.29) is 18.1 Å². The molecule has 0 aliphatic heterocycles. The Balaban J connectivity index is 1.66. The molecule has 0 unspecified atom stereocenters. The van der Waals surface area contributed by atoms with Gasteiger partial charge in [0, 0.05) is 11.3 Å². The molecule has 3 aromatic rings. The normalized spacial score (nSPS) is 11.0. The number of ether oxygens (including phenoxy) is 1. The molecular weight excluding hydrogens is 371 g/mol. The van der Waals surface area contributed by atoms with Crippen LogP contribution in [0.5, 0.6) is 5.75 Å². The number of halogens is 1. The van der Waals surface area contributed by atoms with E-state index in [4.69, 9.17) is 4.74 Å². The van der Waals surface area contributed by atoms with Crippen molar-refractivity contribution in [1.82, 2.24) is 15.2 Å². The molecule has 0 aliphatic rings. The van der Waals surface area contributed by atoms with Crippen LogP contribution in [0.4, 0.5) is 4.39 Å². The second-order valence-electron chi connectivity index (χ2n) is 6.75. The number of rotatable bonds is 7. The topological polar surface area (TPSA) is 68.5 Å². The van der Waals surface area contributed by atoms with Crippen molar-refractivity contribution < 1.29 is 13.9 Å². The Bertz CT molecular complexity index is 1030. The molecule has 0 aliphatic carbocycles. The molecule has 3 rings (SSSR count). The number of hydrazone groups is 1. The molecule has 0 atom stereocenters. The number of amides is 1. The van der Waals surface area contributed by atoms with E-state index in [1.165, 1.54) is 12.1 Å². The van der Waals surface area contributed by atoms with E-state index in [1.807, 2.05) is 42.8 Å². The van der Waals surface area contributed by atoms with Crippen LogP contribution in [0.25, 0.3) is 0 Å². The zero-order chi connectivity index (χ0) is 20.8. The summed E-state index contributed by atoms with van der Waals surface area (Å²) in [4.78, 5) is 12.0. The average Bonchev–Trinajstić information content (AvgIpc) is 3.01. The van der Waals surface area contributed by atoms with Crippen LogP contribution >= 0.6 is 0 Å². The van der Waals surface area contributed by atoms with Gasteiger partial charge in [-0.25, -0.2) is 9.82 Å². The molecule has 1 aromatic heterocycles. The minimum atomic E-state index is -0.331. The molecule has 0 saturated heterocycles. The lowest BCUT2D eigenvalue weighted by Gasteiger charge is -2.11. The van der Waals surface area contributed by atoms with Gasteiger partial charge in [-0.05, 0) is 61.4 Å². The van der Waals surface area contributed by atoms with E-state index in [0.717, 1.165) is 33.8 Å². The summed E-state index contributed by atoms with van der Waals surface area (Å²) < 4.78 is 20.3. The first kappa shape index (κ1) is 20.3. The first-order valence-corrected chi connectivity index (χ1v) is 9.19. The van der Waals surface area contributed by atoms with Crippen molar-refractivity contribution in [2.75, 3.05) is 7.11 Å². The summed E-state index contributed by atoms with van der Waals surface area (Å²) in [5.74, 6) is 0.155. The van der Waals surface area contributed by atoms with E-state index >= 15 is 0 Å². The van der Waals surface area contributed by atoms with E-state index in [9.17, 15) is 9.18 Å². The number of aromatic nitrogens is 2. The van der Waals surface area contributed by atoms with Gasteiger partial charge in [-0.2, -0.15) is 10.2 Å². The third-order valence-electron chi connectivity index (χ3n) is 4.41. The number of aryl methyl sites for hydroxylation is 2. The van der Waals surface area contributed by atoms with Crippen molar-refractivity contribution in [3.05, 3.63) is 82.4 Å². The smallest absolute Gasteiger partial charge is 0.244 e. The quantitative estimate of drug-likeness (QED) is 0.493. The number of hydrogen-bond acceptors (Lipinski definition) is 4. The third kappa shape index (κ3) is 5.51. The fraction of sp³-hybridized carbons (Fsp3) is 0.227. The molecule has 2 aromatic carbocycles. The van der Waals surface area contributed by atoms with Crippen LogP contribution in [0.2, 0.25) is 0 Å². The number of nitrogens with one attached hydrogen (secondary N) is 1. The molecular formula is C22H23FN4O2. The molecule has 6 nitrogen and oxygen atoms in total. The van der Waals surface area contributed by atoms with E-state index < -0.39 is 0 Å². The van der Waals surface area contributed by atoms with Crippen LogP contribution in [0.1, 0.15) is 28.1 Å². The first-order valence-electron chi connectivity index (χ1n) is 9.19. The third-order valence-corrected chi connectivity index (χ3v) is 4.41. The number of hydrogen-bond donors (Lipinski definition) is 1.